The van der Waals surface area contributed by atoms with Crippen LogP contribution in [0.1, 0.15) is 27.6 Å². The van der Waals surface area contributed by atoms with Crippen molar-refractivity contribution in [3.63, 3.8) is 0 Å². The number of nitrogens with one attached hydrogen (secondary N) is 2. The lowest BCUT2D eigenvalue weighted by atomic mass is 9.86. The zero-order chi connectivity index (χ0) is 21.4. The van der Waals surface area contributed by atoms with E-state index in [9.17, 15) is 13.6 Å². The van der Waals surface area contributed by atoms with Crippen molar-refractivity contribution >= 4 is 40.4 Å². The van der Waals surface area contributed by atoms with Crippen molar-refractivity contribution < 1.29 is 13.6 Å². The first-order chi connectivity index (χ1) is 14.3. The first-order valence-electron chi connectivity index (χ1n) is 9.29. The van der Waals surface area contributed by atoms with Crippen molar-refractivity contribution in [2.24, 2.45) is 7.05 Å². The number of thiophene rings is 1. The van der Waals surface area contributed by atoms with Crippen LogP contribution >= 0.6 is 34.5 Å². The molecule has 2 atom stereocenters. The molecule has 0 radical (unpaired) electrons. The molecule has 0 saturated carbocycles. The number of carbonyl (C=O) groups excluding carboxylic acids is 1. The van der Waals surface area contributed by atoms with Gasteiger partial charge in [-0.3, -0.25) is 9.48 Å². The molecule has 10 heteroatoms. The smallest absolute Gasteiger partial charge is 0.261 e. The molecule has 1 saturated heterocycles. The lowest BCUT2D eigenvalue weighted by Gasteiger charge is -2.33. The molecule has 1 aliphatic rings. The Morgan fingerprint density at radius 2 is 2.10 bits per heavy atom. The van der Waals surface area contributed by atoms with Gasteiger partial charge in [-0.2, -0.15) is 5.10 Å². The Kier molecular flexibility index (Phi) is 6.11. The largest absolute Gasteiger partial charge is 0.347 e. The van der Waals surface area contributed by atoms with Gasteiger partial charge in [-0.05, 0) is 36.7 Å². The van der Waals surface area contributed by atoms with Gasteiger partial charge in [0.1, 0.15) is 4.34 Å². The van der Waals surface area contributed by atoms with E-state index in [-0.39, 0.29) is 17.9 Å². The van der Waals surface area contributed by atoms with Crippen LogP contribution in [0.3, 0.4) is 0 Å². The molecule has 1 amide bonds. The molecular formula is C20H18Cl2F2N4OS. The van der Waals surface area contributed by atoms with E-state index in [1.807, 2.05) is 0 Å². The van der Waals surface area contributed by atoms with E-state index in [0.717, 1.165) is 23.9 Å². The summed E-state index contributed by atoms with van der Waals surface area (Å²) in [6.07, 6.45) is 2.21. The van der Waals surface area contributed by atoms with Gasteiger partial charge < -0.3 is 10.6 Å². The maximum absolute atomic E-state index is 13.7. The van der Waals surface area contributed by atoms with Gasteiger partial charge in [0.15, 0.2) is 11.6 Å². The van der Waals surface area contributed by atoms with Crippen LogP contribution < -0.4 is 10.6 Å². The van der Waals surface area contributed by atoms with Crippen LogP contribution in [0.15, 0.2) is 30.5 Å². The van der Waals surface area contributed by atoms with Gasteiger partial charge in [-0.15, -0.1) is 11.3 Å². The van der Waals surface area contributed by atoms with E-state index in [1.165, 1.54) is 12.3 Å². The summed E-state index contributed by atoms with van der Waals surface area (Å²) in [7, 11) is 1.75. The lowest BCUT2D eigenvalue weighted by molar-refractivity contribution is 0.0928. The second-order valence-electron chi connectivity index (χ2n) is 7.12. The highest BCUT2D eigenvalue weighted by molar-refractivity contribution is 7.18. The molecule has 0 unspecified atom stereocenters. The van der Waals surface area contributed by atoms with Crippen LogP contribution in [0.5, 0.6) is 0 Å². The minimum absolute atomic E-state index is 0.133. The fourth-order valence-electron chi connectivity index (χ4n) is 3.75. The predicted octanol–water partition coefficient (Wildman–Crippen LogP) is 4.61. The second kappa shape index (κ2) is 8.63. The van der Waals surface area contributed by atoms with Crippen molar-refractivity contribution in [3.8, 4) is 11.3 Å². The number of piperidine rings is 1. The predicted molar refractivity (Wildman–Crippen MR) is 114 cm³/mol. The number of halogens is 4. The van der Waals surface area contributed by atoms with Gasteiger partial charge in [-0.1, -0.05) is 29.3 Å². The summed E-state index contributed by atoms with van der Waals surface area (Å²) in [5.41, 5.74) is 1.93. The zero-order valence-corrected chi connectivity index (χ0v) is 18.2. The van der Waals surface area contributed by atoms with Gasteiger partial charge in [0.2, 0.25) is 0 Å². The van der Waals surface area contributed by atoms with E-state index < -0.39 is 11.6 Å². The van der Waals surface area contributed by atoms with Gasteiger partial charge in [0, 0.05) is 31.1 Å². The van der Waals surface area contributed by atoms with Crippen LogP contribution in [0.4, 0.5) is 8.78 Å². The molecule has 1 aliphatic heterocycles. The Bertz CT molecular complexity index is 1080. The molecule has 3 aromatic rings. The second-order valence-corrected chi connectivity index (χ2v) is 9.18. The number of nitrogens with zero attached hydrogens (tertiary/aromatic N) is 2. The molecule has 2 N–H and O–H groups in total. The van der Waals surface area contributed by atoms with Crippen molar-refractivity contribution in [2.45, 2.75) is 18.4 Å². The highest BCUT2D eigenvalue weighted by atomic mass is 35.5. The zero-order valence-electron chi connectivity index (χ0n) is 15.9. The fourth-order valence-corrected chi connectivity index (χ4v) is 5.20. The summed E-state index contributed by atoms with van der Waals surface area (Å²) < 4.78 is 29.1. The molecule has 1 aromatic carbocycles. The number of aromatic nitrogens is 2. The summed E-state index contributed by atoms with van der Waals surface area (Å²) in [5, 5.41) is 10.8. The Labute approximate surface area is 186 Å². The minimum Gasteiger partial charge on any atom is -0.347 e. The third kappa shape index (κ3) is 4.09. The quantitative estimate of drug-likeness (QED) is 0.585. The number of hydrogen-bond donors (Lipinski definition) is 2. The van der Waals surface area contributed by atoms with Gasteiger partial charge in [0.25, 0.3) is 5.91 Å². The van der Waals surface area contributed by atoms with Gasteiger partial charge >= 0.3 is 0 Å². The average molecular weight is 471 g/mol. The molecular weight excluding hydrogens is 453 g/mol. The molecule has 2 aromatic heterocycles. The van der Waals surface area contributed by atoms with E-state index in [1.54, 1.807) is 23.9 Å². The summed E-state index contributed by atoms with van der Waals surface area (Å²) in [5.74, 6) is -2.19. The Morgan fingerprint density at radius 3 is 2.80 bits per heavy atom. The molecule has 4 rings (SSSR count). The Morgan fingerprint density at radius 1 is 1.30 bits per heavy atom. The van der Waals surface area contributed by atoms with Crippen LogP contribution in [-0.4, -0.2) is 34.8 Å². The standard InChI is InChI=1S/C20H18Cl2F2N4OS/c1-28-18(13(21)8-26-28)12-7-17(30-19(12)22)20(29)27-16-9-25-5-4-11(16)10-2-3-14(23)15(24)6-10/h2-3,6-8,11,16,25H,4-5,9H2,1H3,(H,27,29)/t11-,16+/m0/s1. The number of hydrogen-bond acceptors (Lipinski definition) is 4. The normalized spacial score (nSPS) is 19.1. The summed E-state index contributed by atoms with van der Waals surface area (Å²) in [6.45, 7) is 1.25. The van der Waals surface area contributed by atoms with Crippen LogP contribution in [0.2, 0.25) is 9.36 Å². The van der Waals surface area contributed by atoms with Crippen LogP contribution in [0, 0.1) is 11.6 Å². The number of benzene rings is 1. The SMILES string of the molecule is Cn1ncc(Cl)c1-c1cc(C(=O)N[C@@H]2CNCC[C@H]2c2ccc(F)c(F)c2)sc1Cl. The van der Waals surface area contributed by atoms with Crippen molar-refractivity contribution in [1.29, 1.82) is 0 Å². The summed E-state index contributed by atoms with van der Waals surface area (Å²) >= 11 is 13.7. The molecule has 0 aliphatic carbocycles. The van der Waals surface area contributed by atoms with Crippen molar-refractivity contribution in [3.05, 3.63) is 61.9 Å². The molecule has 30 heavy (non-hydrogen) atoms. The van der Waals surface area contributed by atoms with E-state index in [0.29, 0.717) is 44.0 Å². The number of carbonyl (C=O) groups is 1. The molecule has 0 spiro atoms. The van der Waals surface area contributed by atoms with Crippen LogP contribution in [0.25, 0.3) is 11.3 Å². The minimum atomic E-state index is -0.890. The van der Waals surface area contributed by atoms with E-state index in [4.69, 9.17) is 23.2 Å². The highest BCUT2D eigenvalue weighted by Crippen LogP contribution is 2.39. The molecule has 0 bridgehead atoms. The van der Waals surface area contributed by atoms with Gasteiger partial charge in [-0.25, -0.2) is 8.78 Å². The fraction of sp³-hybridized carbons (Fsp3) is 0.300. The summed E-state index contributed by atoms with van der Waals surface area (Å²) in [6, 6.07) is 5.30. The third-order valence-electron chi connectivity index (χ3n) is 5.23. The molecule has 1 fully saturated rings. The first-order valence-corrected chi connectivity index (χ1v) is 10.9. The van der Waals surface area contributed by atoms with Gasteiger partial charge in [0.05, 0.1) is 21.8 Å². The highest BCUT2D eigenvalue weighted by Gasteiger charge is 2.29. The van der Waals surface area contributed by atoms with Crippen LogP contribution in [-0.2, 0) is 7.05 Å². The summed E-state index contributed by atoms with van der Waals surface area (Å²) in [4.78, 5) is 13.4. The number of amides is 1. The maximum atomic E-state index is 13.7. The molecule has 5 nitrogen and oxygen atoms in total. The Balaban J connectivity index is 1.56. The first kappa shape index (κ1) is 21.2. The molecule has 158 valence electrons. The lowest BCUT2D eigenvalue weighted by Crippen LogP contribution is -2.49. The third-order valence-corrected chi connectivity index (χ3v) is 6.86. The topological polar surface area (TPSA) is 59.0 Å². The average Bonchev–Trinajstić information content (AvgIpc) is 3.26. The van der Waals surface area contributed by atoms with Crippen molar-refractivity contribution in [1.82, 2.24) is 20.4 Å². The van der Waals surface area contributed by atoms with E-state index >= 15 is 0 Å². The van der Waals surface area contributed by atoms with Crippen molar-refractivity contribution in [2.75, 3.05) is 13.1 Å². The molecule has 3 heterocycles. The maximum Gasteiger partial charge on any atom is 0.261 e. The van der Waals surface area contributed by atoms with E-state index in [2.05, 4.69) is 15.7 Å². The number of rotatable bonds is 4. The number of aryl methyl sites for hydroxylation is 1. The Hall–Kier alpha value is -2.00. The monoisotopic (exact) mass is 470 g/mol.